The van der Waals surface area contributed by atoms with Crippen LogP contribution in [0.15, 0.2) is 114 Å². The fraction of sp³-hybridized carbons (Fsp3) is 0.0741. The molecule has 0 saturated carbocycles. The van der Waals surface area contributed by atoms with Gasteiger partial charge in [0.1, 0.15) is 0 Å². The molecule has 0 bridgehead atoms. The van der Waals surface area contributed by atoms with Gasteiger partial charge in [0.05, 0.1) is 10.8 Å². The smallest absolute Gasteiger partial charge is 0.261 e. The van der Waals surface area contributed by atoms with Gasteiger partial charge in [-0.25, -0.2) is 8.42 Å². The number of hydrogen-bond acceptors (Lipinski definition) is 3. The van der Waals surface area contributed by atoms with Crippen LogP contribution in [0, 0.1) is 6.92 Å². The lowest BCUT2D eigenvalue weighted by Gasteiger charge is -2.18. The van der Waals surface area contributed by atoms with E-state index in [9.17, 15) is 13.2 Å². The Hall–Kier alpha value is -3.90. The molecule has 0 saturated heterocycles. The van der Waals surface area contributed by atoms with E-state index in [1.54, 1.807) is 48.5 Å². The molecule has 4 rings (SSSR count). The summed E-state index contributed by atoms with van der Waals surface area (Å²) >= 11 is 0. The van der Waals surface area contributed by atoms with E-state index in [2.05, 4.69) is 10.0 Å². The predicted octanol–water partition coefficient (Wildman–Crippen LogP) is 5.57. The minimum atomic E-state index is -3.69. The third kappa shape index (κ3) is 5.48. The van der Waals surface area contributed by atoms with Crippen molar-refractivity contribution >= 4 is 27.3 Å². The van der Waals surface area contributed by atoms with E-state index in [-0.39, 0.29) is 10.8 Å². The molecule has 0 spiro atoms. The first-order valence-electron chi connectivity index (χ1n) is 10.5. The summed E-state index contributed by atoms with van der Waals surface area (Å²) < 4.78 is 27.8. The Kier molecular flexibility index (Phi) is 6.56. The maximum atomic E-state index is 13.2. The summed E-state index contributed by atoms with van der Waals surface area (Å²) in [5.41, 5.74) is 3.76. The summed E-state index contributed by atoms with van der Waals surface area (Å²) in [5.74, 6) is -0.632. The molecule has 0 radical (unpaired) electrons. The number of hydrogen-bond donors (Lipinski definition) is 2. The Morgan fingerprint density at radius 2 is 1.15 bits per heavy atom. The van der Waals surface area contributed by atoms with Crippen LogP contribution in [0.25, 0.3) is 0 Å². The second-order valence-corrected chi connectivity index (χ2v) is 9.42. The zero-order chi connectivity index (χ0) is 23.3. The van der Waals surface area contributed by atoms with Crippen LogP contribution in [0.4, 0.5) is 11.4 Å². The lowest BCUT2D eigenvalue weighted by atomic mass is 9.90. The van der Waals surface area contributed by atoms with E-state index < -0.39 is 15.9 Å². The van der Waals surface area contributed by atoms with Crippen LogP contribution in [0.3, 0.4) is 0 Å². The number of carbonyl (C=O) groups excluding carboxylic acids is 1. The Balaban J connectivity index is 1.51. The van der Waals surface area contributed by atoms with Crippen molar-refractivity contribution in [2.75, 3.05) is 10.0 Å². The zero-order valence-corrected chi connectivity index (χ0v) is 18.9. The molecule has 5 nitrogen and oxygen atoms in total. The highest BCUT2D eigenvalue weighted by atomic mass is 32.2. The lowest BCUT2D eigenvalue weighted by molar-refractivity contribution is -0.116. The standard InChI is InChI=1S/C27H24N2O3S/c1-20-12-18-25(19-13-20)33(31,32)29-24-16-14-23(15-17-24)28-27(30)26(21-8-4-2-5-9-21)22-10-6-3-7-11-22/h2-19,26,29H,1H3,(H,28,30). The molecule has 166 valence electrons. The maximum Gasteiger partial charge on any atom is 0.261 e. The van der Waals surface area contributed by atoms with Crippen LogP contribution in [-0.4, -0.2) is 14.3 Å². The molecule has 0 aliphatic heterocycles. The molecule has 0 aliphatic rings. The normalized spacial score (nSPS) is 11.2. The van der Waals surface area contributed by atoms with Gasteiger partial charge in [-0.3, -0.25) is 9.52 Å². The van der Waals surface area contributed by atoms with Gasteiger partial charge in [-0.15, -0.1) is 0 Å². The number of carbonyl (C=O) groups is 1. The monoisotopic (exact) mass is 456 g/mol. The molecule has 4 aromatic rings. The van der Waals surface area contributed by atoms with E-state index in [1.165, 1.54) is 0 Å². The van der Waals surface area contributed by atoms with Gasteiger partial charge in [-0.1, -0.05) is 78.4 Å². The van der Waals surface area contributed by atoms with Crippen LogP contribution < -0.4 is 10.0 Å². The SMILES string of the molecule is Cc1ccc(S(=O)(=O)Nc2ccc(NC(=O)C(c3ccccc3)c3ccccc3)cc2)cc1. The van der Waals surface area contributed by atoms with Gasteiger partial charge < -0.3 is 5.32 Å². The molecule has 0 heterocycles. The first-order valence-corrected chi connectivity index (χ1v) is 12.0. The molecule has 33 heavy (non-hydrogen) atoms. The van der Waals surface area contributed by atoms with Crippen LogP contribution in [0.2, 0.25) is 0 Å². The summed E-state index contributed by atoms with van der Waals surface area (Å²) in [4.78, 5) is 13.4. The van der Waals surface area contributed by atoms with Crippen molar-refractivity contribution in [2.24, 2.45) is 0 Å². The number of benzene rings is 4. The van der Waals surface area contributed by atoms with Crippen molar-refractivity contribution in [1.29, 1.82) is 0 Å². The van der Waals surface area contributed by atoms with Crippen molar-refractivity contribution in [3.63, 3.8) is 0 Å². The van der Waals surface area contributed by atoms with Gasteiger partial charge in [0.25, 0.3) is 10.0 Å². The van der Waals surface area contributed by atoms with Crippen molar-refractivity contribution in [3.05, 3.63) is 126 Å². The third-order valence-corrected chi connectivity index (χ3v) is 6.66. The minimum Gasteiger partial charge on any atom is -0.325 e. The molecule has 1 amide bonds. The van der Waals surface area contributed by atoms with Crippen LogP contribution in [-0.2, 0) is 14.8 Å². The molecule has 0 aliphatic carbocycles. The van der Waals surface area contributed by atoms with E-state index in [0.717, 1.165) is 16.7 Å². The van der Waals surface area contributed by atoms with Crippen molar-refractivity contribution in [3.8, 4) is 0 Å². The average molecular weight is 457 g/mol. The van der Waals surface area contributed by atoms with E-state index in [0.29, 0.717) is 11.4 Å². The number of anilines is 2. The molecule has 6 heteroatoms. The quantitative estimate of drug-likeness (QED) is 0.382. The summed E-state index contributed by atoms with van der Waals surface area (Å²) in [5, 5.41) is 2.95. The molecular weight excluding hydrogens is 432 g/mol. The second kappa shape index (κ2) is 9.71. The Bertz CT molecular complexity index is 1280. The van der Waals surface area contributed by atoms with Gasteiger partial charge in [-0.05, 0) is 54.4 Å². The van der Waals surface area contributed by atoms with Crippen LogP contribution >= 0.6 is 0 Å². The number of sulfonamides is 1. The minimum absolute atomic E-state index is 0.166. The Labute approximate surface area is 194 Å². The molecule has 0 fully saturated rings. The predicted molar refractivity (Wildman–Crippen MR) is 132 cm³/mol. The van der Waals surface area contributed by atoms with Gasteiger partial charge in [0.15, 0.2) is 0 Å². The largest absolute Gasteiger partial charge is 0.325 e. The number of aryl methyl sites for hydroxylation is 1. The highest BCUT2D eigenvalue weighted by molar-refractivity contribution is 7.92. The second-order valence-electron chi connectivity index (χ2n) is 7.74. The van der Waals surface area contributed by atoms with Crippen molar-refractivity contribution in [1.82, 2.24) is 0 Å². The topological polar surface area (TPSA) is 75.3 Å². The Morgan fingerprint density at radius 3 is 1.67 bits per heavy atom. The molecule has 0 unspecified atom stereocenters. The van der Waals surface area contributed by atoms with E-state index >= 15 is 0 Å². The van der Waals surface area contributed by atoms with Gasteiger partial charge >= 0.3 is 0 Å². The molecular formula is C27H24N2O3S. The molecule has 2 N–H and O–H groups in total. The van der Waals surface area contributed by atoms with Gasteiger partial charge in [-0.2, -0.15) is 0 Å². The lowest BCUT2D eigenvalue weighted by Crippen LogP contribution is -2.22. The van der Waals surface area contributed by atoms with Crippen molar-refractivity contribution in [2.45, 2.75) is 17.7 Å². The van der Waals surface area contributed by atoms with Crippen LogP contribution in [0.5, 0.6) is 0 Å². The fourth-order valence-corrected chi connectivity index (χ4v) is 4.61. The number of nitrogens with one attached hydrogen (secondary N) is 2. The first-order chi connectivity index (χ1) is 15.9. The van der Waals surface area contributed by atoms with Gasteiger partial charge in [0, 0.05) is 11.4 Å². The first kappa shape index (κ1) is 22.3. The summed E-state index contributed by atoms with van der Waals surface area (Å²) in [6.07, 6.45) is 0. The summed E-state index contributed by atoms with van der Waals surface area (Å²) in [6, 6.07) is 32.5. The zero-order valence-electron chi connectivity index (χ0n) is 18.1. The van der Waals surface area contributed by atoms with E-state index in [4.69, 9.17) is 0 Å². The Morgan fingerprint density at radius 1 is 0.667 bits per heavy atom. The summed E-state index contributed by atoms with van der Waals surface area (Å²) in [7, 11) is -3.69. The highest BCUT2D eigenvalue weighted by Gasteiger charge is 2.22. The number of amides is 1. The number of rotatable bonds is 7. The van der Waals surface area contributed by atoms with Crippen LogP contribution in [0.1, 0.15) is 22.6 Å². The van der Waals surface area contributed by atoms with Crippen molar-refractivity contribution < 1.29 is 13.2 Å². The fourth-order valence-electron chi connectivity index (χ4n) is 3.55. The highest BCUT2D eigenvalue weighted by Crippen LogP contribution is 2.27. The molecule has 0 aromatic heterocycles. The third-order valence-electron chi connectivity index (χ3n) is 5.26. The van der Waals surface area contributed by atoms with Gasteiger partial charge in [0.2, 0.25) is 5.91 Å². The molecule has 0 atom stereocenters. The molecule has 4 aromatic carbocycles. The van der Waals surface area contributed by atoms with E-state index in [1.807, 2.05) is 67.6 Å². The summed E-state index contributed by atoms with van der Waals surface area (Å²) in [6.45, 7) is 1.90. The maximum absolute atomic E-state index is 13.2. The average Bonchev–Trinajstić information content (AvgIpc) is 2.82.